The van der Waals surface area contributed by atoms with Crippen LogP contribution in [0.25, 0.3) is 0 Å². The molecule has 1 N–H and O–H groups in total. The van der Waals surface area contributed by atoms with Gasteiger partial charge in [-0.2, -0.15) is 0 Å². The fourth-order valence-electron chi connectivity index (χ4n) is 3.08. The molecule has 0 bridgehead atoms. The summed E-state index contributed by atoms with van der Waals surface area (Å²) in [5, 5.41) is 9.48. The molecular weight excluding hydrogens is 311 g/mol. The molecule has 2 atom stereocenters. The summed E-state index contributed by atoms with van der Waals surface area (Å²) in [7, 11) is 0. The quantitative estimate of drug-likeness (QED) is 0.939. The fourth-order valence-corrected chi connectivity index (χ4v) is 3.08. The number of aryl methyl sites for hydroxylation is 1. The molecule has 0 aliphatic carbocycles. The minimum atomic E-state index is -0.942. The summed E-state index contributed by atoms with van der Waals surface area (Å²) in [5.41, 5.74) is 1.53. The SMILES string of the molecule is Cc1ccc(C(=O)N2C[C@H](C(=O)O)[C@@H](c3ccncc3)C2)cc1F. The number of rotatable bonds is 3. The first kappa shape index (κ1) is 16.1. The number of hydrogen-bond acceptors (Lipinski definition) is 3. The summed E-state index contributed by atoms with van der Waals surface area (Å²) in [6.07, 6.45) is 3.21. The van der Waals surface area contributed by atoms with Gasteiger partial charge in [-0.3, -0.25) is 14.6 Å². The van der Waals surface area contributed by atoms with E-state index in [1.54, 1.807) is 43.6 Å². The number of halogens is 1. The number of amides is 1. The van der Waals surface area contributed by atoms with Gasteiger partial charge in [-0.15, -0.1) is 0 Å². The Labute approximate surface area is 138 Å². The molecule has 124 valence electrons. The Bertz CT molecular complexity index is 779. The zero-order valence-electron chi connectivity index (χ0n) is 13.1. The molecule has 1 amide bonds. The zero-order chi connectivity index (χ0) is 17.3. The summed E-state index contributed by atoms with van der Waals surface area (Å²) >= 11 is 0. The molecule has 1 aromatic heterocycles. The summed E-state index contributed by atoms with van der Waals surface area (Å²) in [5.74, 6) is -2.73. The highest BCUT2D eigenvalue weighted by atomic mass is 19.1. The van der Waals surface area contributed by atoms with Gasteiger partial charge < -0.3 is 10.0 Å². The molecular formula is C18H17FN2O3. The van der Waals surface area contributed by atoms with Crippen LogP contribution in [0.1, 0.15) is 27.4 Å². The van der Waals surface area contributed by atoms with Crippen LogP contribution in [0.5, 0.6) is 0 Å². The summed E-state index contributed by atoms with van der Waals surface area (Å²) in [6.45, 7) is 2.02. The number of nitrogens with zero attached hydrogens (tertiary/aromatic N) is 2. The van der Waals surface area contributed by atoms with Crippen LogP contribution in [0.3, 0.4) is 0 Å². The number of benzene rings is 1. The van der Waals surface area contributed by atoms with Crippen molar-refractivity contribution in [3.05, 3.63) is 65.2 Å². The van der Waals surface area contributed by atoms with E-state index in [1.165, 1.54) is 11.0 Å². The molecule has 1 aliphatic heterocycles. The summed E-state index contributed by atoms with van der Waals surface area (Å²) in [6, 6.07) is 7.84. The van der Waals surface area contributed by atoms with E-state index >= 15 is 0 Å². The predicted molar refractivity (Wildman–Crippen MR) is 85.1 cm³/mol. The fraction of sp³-hybridized carbons (Fsp3) is 0.278. The zero-order valence-corrected chi connectivity index (χ0v) is 13.1. The largest absolute Gasteiger partial charge is 0.481 e. The van der Waals surface area contributed by atoms with Crippen molar-refractivity contribution in [2.75, 3.05) is 13.1 Å². The van der Waals surface area contributed by atoms with Crippen LogP contribution in [0, 0.1) is 18.7 Å². The molecule has 5 nitrogen and oxygen atoms in total. The number of aliphatic carboxylic acids is 1. The number of pyridine rings is 1. The molecule has 1 aromatic carbocycles. The van der Waals surface area contributed by atoms with Gasteiger partial charge in [0.05, 0.1) is 5.92 Å². The standard InChI is InChI=1S/C18H17FN2O3/c1-11-2-3-13(8-16(11)19)17(22)21-9-14(15(10-21)18(23)24)12-4-6-20-7-5-12/h2-8,14-15H,9-10H2,1H3,(H,23,24)/t14-,15+/m1/s1. The van der Waals surface area contributed by atoms with Crippen molar-refractivity contribution in [1.82, 2.24) is 9.88 Å². The molecule has 1 saturated heterocycles. The van der Waals surface area contributed by atoms with Crippen LogP contribution >= 0.6 is 0 Å². The Balaban J connectivity index is 1.86. The maximum Gasteiger partial charge on any atom is 0.308 e. The van der Waals surface area contributed by atoms with Gasteiger partial charge in [-0.1, -0.05) is 6.07 Å². The van der Waals surface area contributed by atoms with E-state index in [4.69, 9.17) is 0 Å². The van der Waals surface area contributed by atoms with Gasteiger partial charge in [0.25, 0.3) is 5.91 Å². The van der Waals surface area contributed by atoms with E-state index in [-0.39, 0.29) is 30.5 Å². The van der Waals surface area contributed by atoms with Crippen molar-refractivity contribution in [3.63, 3.8) is 0 Å². The van der Waals surface area contributed by atoms with Gasteiger partial charge in [-0.05, 0) is 42.3 Å². The second-order valence-electron chi connectivity index (χ2n) is 6.01. The minimum absolute atomic E-state index is 0.108. The maximum absolute atomic E-state index is 13.7. The summed E-state index contributed by atoms with van der Waals surface area (Å²) < 4.78 is 13.7. The Morgan fingerprint density at radius 3 is 2.54 bits per heavy atom. The van der Waals surface area contributed by atoms with E-state index in [2.05, 4.69) is 4.98 Å². The number of likely N-dealkylation sites (tertiary alicyclic amines) is 1. The van der Waals surface area contributed by atoms with Crippen LogP contribution in [0.2, 0.25) is 0 Å². The Morgan fingerprint density at radius 1 is 1.21 bits per heavy atom. The lowest BCUT2D eigenvalue weighted by Gasteiger charge is -2.17. The third-order valence-electron chi connectivity index (χ3n) is 4.48. The van der Waals surface area contributed by atoms with E-state index < -0.39 is 17.7 Å². The van der Waals surface area contributed by atoms with Crippen molar-refractivity contribution < 1.29 is 19.1 Å². The van der Waals surface area contributed by atoms with Gasteiger partial charge in [-0.25, -0.2) is 4.39 Å². The molecule has 0 unspecified atom stereocenters. The van der Waals surface area contributed by atoms with Crippen molar-refractivity contribution in [3.8, 4) is 0 Å². The molecule has 0 radical (unpaired) electrons. The lowest BCUT2D eigenvalue weighted by atomic mass is 9.90. The highest BCUT2D eigenvalue weighted by Gasteiger charge is 2.40. The monoisotopic (exact) mass is 328 g/mol. The molecule has 6 heteroatoms. The first-order valence-electron chi connectivity index (χ1n) is 7.65. The normalized spacial score (nSPS) is 20.2. The number of aromatic nitrogens is 1. The lowest BCUT2D eigenvalue weighted by Crippen LogP contribution is -2.30. The average Bonchev–Trinajstić information content (AvgIpc) is 3.03. The molecule has 3 rings (SSSR count). The number of carboxylic acid groups (broad SMARTS) is 1. The number of carbonyl (C=O) groups is 2. The molecule has 24 heavy (non-hydrogen) atoms. The Kier molecular flexibility index (Phi) is 4.29. The van der Waals surface area contributed by atoms with E-state index in [9.17, 15) is 19.1 Å². The van der Waals surface area contributed by atoms with Crippen molar-refractivity contribution in [1.29, 1.82) is 0 Å². The Hall–Kier alpha value is -2.76. The number of hydrogen-bond donors (Lipinski definition) is 1. The van der Waals surface area contributed by atoms with Crippen LogP contribution in [-0.2, 0) is 4.79 Å². The van der Waals surface area contributed by atoms with Gasteiger partial charge in [0.1, 0.15) is 5.82 Å². The van der Waals surface area contributed by atoms with Crippen molar-refractivity contribution in [2.45, 2.75) is 12.8 Å². The van der Waals surface area contributed by atoms with Crippen LogP contribution in [0.15, 0.2) is 42.7 Å². The maximum atomic E-state index is 13.7. The van der Waals surface area contributed by atoms with Gasteiger partial charge in [0.15, 0.2) is 0 Å². The molecule has 1 fully saturated rings. The smallest absolute Gasteiger partial charge is 0.308 e. The van der Waals surface area contributed by atoms with Crippen molar-refractivity contribution in [2.24, 2.45) is 5.92 Å². The van der Waals surface area contributed by atoms with Gasteiger partial charge in [0, 0.05) is 37.0 Å². The van der Waals surface area contributed by atoms with Crippen LogP contribution in [0.4, 0.5) is 4.39 Å². The van der Waals surface area contributed by atoms with Gasteiger partial charge in [0.2, 0.25) is 0 Å². The topological polar surface area (TPSA) is 70.5 Å². The first-order chi connectivity index (χ1) is 11.5. The van der Waals surface area contributed by atoms with E-state index in [0.717, 1.165) is 5.56 Å². The predicted octanol–water partition coefficient (Wildman–Crippen LogP) is 2.47. The third kappa shape index (κ3) is 2.99. The molecule has 2 heterocycles. The highest BCUT2D eigenvalue weighted by molar-refractivity contribution is 5.95. The second-order valence-corrected chi connectivity index (χ2v) is 6.01. The van der Waals surface area contributed by atoms with Gasteiger partial charge >= 0.3 is 5.97 Å². The summed E-state index contributed by atoms with van der Waals surface area (Å²) in [4.78, 5) is 29.6. The first-order valence-corrected chi connectivity index (χ1v) is 7.65. The van der Waals surface area contributed by atoms with Crippen LogP contribution in [-0.4, -0.2) is 40.0 Å². The van der Waals surface area contributed by atoms with Crippen LogP contribution < -0.4 is 0 Å². The van der Waals surface area contributed by atoms with E-state index in [0.29, 0.717) is 5.56 Å². The minimum Gasteiger partial charge on any atom is -0.481 e. The number of carboxylic acids is 1. The third-order valence-corrected chi connectivity index (χ3v) is 4.48. The lowest BCUT2D eigenvalue weighted by molar-refractivity contribution is -0.141. The molecule has 2 aromatic rings. The highest BCUT2D eigenvalue weighted by Crippen LogP contribution is 2.33. The average molecular weight is 328 g/mol. The number of carbonyl (C=O) groups excluding carboxylic acids is 1. The molecule has 0 spiro atoms. The van der Waals surface area contributed by atoms with E-state index in [1.807, 2.05) is 0 Å². The molecule has 1 aliphatic rings. The Morgan fingerprint density at radius 2 is 1.92 bits per heavy atom. The van der Waals surface area contributed by atoms with Crippen molar-refractivity contribution >= 4 is 11.9 Å². The molecule has 0 saturated carbocycles. The second kappa shape index (κ2) is 6.39.